The van der Waals surface area contributed by atoms with E-state index in [1.165, 1.54) is 18.0 Å². The Hall–Kier alpha value is -3.33. The van der Waals surface area contributed by atoms with Crippen LogP contribution in [0.4, 0.5) is 5.82 Å². The van der Waals surface area contributed by atoms with Crippen molar-refractivity contribution in [2.45, 2.75) is 34.4 Å². The number of halogens is 1. The van der Waals surface area contributed by atoms with Crippen LogP contribution in [0.1, 0.15) is 30.1 Å². The molecular formula is C27H24ClN5O2S. The second kappa shape index (κ2) is 9.28. The van der Waals surface area contributed by atoms with Crippen LogP contribution < -0.4 is 15.4 Å². The van der Waals surface area contributed by atoms with Crippen molar-refractivity contribution < 1.29 is 9.15 Å². The fourth-order valence-corrected chi connectivity index (χ4v) is 6.08. The third kappa shape index (κ3) is 3.95. The molecule has 2 N–H and O–H groups in total. The molecule has 4 heterocycles. The van der Waals surface area contributed by atoms with Gasteiger partial charge in [0.2, 0.25) is 5.89 Å². The standard InChI is InChI=1S/C27H24ClN5O2S/c1-2-19-25(33-13-10-27(11-14-33)24(29)17-6-3-4-8-20(17)35-27)31-16-22(32-19)36-21-9-5-7-18(23(21)28)26-30-12-15-34-26/h2-9,12,15-16,24H,1,10-11,13-14,29H2/t24-/m1/s1. The van der Waals surface area contributed by atoms with Crippen molar-refractivity contribution in [3.63, 3.8) is 0 Å². The first-order chi connectivity index (χ1) is 17.6. The number of para-hydroxylation sites is 1. The maximum Gasteiger partial charge on any atom is 0.227 e. The minimum Gasteiger partial charge on any atom is -0.485 e. The fourth-order valence-electron chi connectivity index (χ4n) is 4.94. The van der Waals surface area contributed by atoms with Crippen molar-refractivity contribution in [3.05, 3.63) is 84.0 Å². The lowest BCUT2D eigenvalue weighted by atomic mass is 9.83. The molecule has 2 aromatic carbocycles. The summed E-state index contributed by atoms with van der Waals surface area (Å²) < 4.78 is 11.8. The second-order valence-electron chi connectivity index (χ2n) is 8.85. The number of anilines is 1. The highest BCUT2D eigenvalue weighted by atomic mass is 35.5. The van der Waals surface area contributed by atoms with E-state index in [4.69, 9.17) is 36.5 Å². The third-order valence-corrected chi connectivity index (χ3v) is 8.32. The van der Waals surface area contributed by atoms with Crippen molar-refractivity contribution in [3.8, 4) is 17.2 Å². The van der Waals surface area contributed by atoms with E-state index in [0.29, 0.717) is 10.9 Å². The topological polar surface area (TPSA) is 90.3 Å². The Morgan fingerprint density at radius 2 is 1.97 bits per heavy atom. The van der Waals surface area contributed by atoms with Crippen LogP contribution in [0, 0.1) is 0 Å². The molecular weight excluding hydrogens is 494 g/mol. The second-order valence-corrected chi connectivity index (χ2v) is 10.3. The van der Waals surface area contributed by atoms with E-state index in [1.807, 2.05) is 36.4 Å². The van der Waals surface area contributed by atoms with Crippen LogP contribution in [0.15, 0.2) is 82.0 Å². The predicted molar refractivity (Wildman–Crippen MR) is 141 cm³/mol. The molecule has 7 nitrogen and oxygen atoms in total. The van der Waals surface area contributed by atoms with Gasteiger partial charge in [-0.2, -0.15) is 0 Å². The predicted octanol–water partition coefficient (Wildman–Crippen LogP) is 6.01. The van der Waals surface area contributed by atoms with Crippen molar-refractivity contribution in [2.24, 2.45) is 5.73 Å². The molecule has 0 saturated carbocycles. The Morgan fingerprint density at radius 1 is 1.14 bits per heavy atom. The van der Waals surface area contributed by atoms with E-state index in [-0.39, 0.29) is 11.6 Å². The fraction of sp³-hybridized carbons (Fsp3) is 0.222. The smallest absolute Gasteiger partial charge is 0.227 e. The van der Waals surface area contributed by atoms with Gasteiger partial charge < -0.3 is 19.8 Å². The number of hydrogen-bond acceptors (Lipinski definition) is 8. The highest BCUT2D eigenvalue weighted by Gasteiger charge is 2.48. The number of piperidine rings is 1. The van der Waals surface area contributed by atoms with Crippen LogP contribution in [-0.2, 0) is 0 Å². The van der Waals surface area contributed by atoms with Crippen LogP contribution in [0.2, 0.25) is 5.02 Å². The Labute approximate surface area is 218 Å². The Balaban J connectivity index is 1.20. The molecule has 4 aromatic rings. The van der Waals surface area contributed by atoms with Gasteiger partial charge in [-0.05, 0) is 24.3 Å². The summed E-state index contributed by atoms with van der Waals surface area (Å²) in [5.41, 5.74) is 8.81. The average Bonchev–Trinajstić information content (AvgIpc) is 3.53. The van der Waals surface area contributed by atoms with Crippen molar-refractivity contribution >= 4 is 35.3 Å². The van der Waals surface area contributed by atoms with Crippen LogP contribution in [-0.4, -0.2) is 33.6 Å². The molecule has 1 atom stereocenters. The molecule has 0 unspecified atom stereocenters. The number of oxazole rings is 1. The summed E-state index contributed by atoms with van der Waals surface area (Å²) in [5.74, 6) is 2.19. The van der Waals surface area contributed by atoms with Crippen molar-refractivity contribution in [1.82, 2.24) is 15.0 Å². The summed E-state index contributed by atoms with van der Waals surface area (Å²) in [6, 6.07) is 13.7. The van der Waals surface area contributed by atoms with Crippen LogP contribution in [0.25, 0.3) is 17.5 Å². The first-order valence-electron chi connectivity index (χ1n) is 11.7. The highest BCUT2D eigenvalue weighted by Crippen LogP contribution is 2.47. The number of fused-ring (bicyclic) bond motifs is 1. The molecule has 1 fully saturated rings. The van der Waals surface area contributed by atoms with E-state index in [9.17, 15) is 0 Å². The van der Waals surface area contributed by atoms with Crippen molar-refractivity contribution in [1.29, 1.82) is 0 Å². The largest absolute Gasteiger partial charge is 0.485 e. The molecule has 9 heteroatoms. The van der Waals surface area contributed by atoms with Gasteiger partial charge in [-0.25, -0.2) is 15.0 Å². The average molecular weight is 518 g/mol. The Morgan fingerprint density at radius 3 is 2.72 bits per heavy atom. The van der Waals surface area contributed by atoms with Crippen LogP contribution in [0.5, 0.6) is 5.75 Å². The molecule has 0 bridgehead atoms. The third-order valence-electron chi connectivity index (χ3n) is 6.83. The summed E-state index contributed by atoms with van der Waals surface area (Å²) in [6.07, 6.45) is 8.26. The Bertz CT molecular complexity index is 1420. The quantitative estimate of drug-likeness (QED) is 0.344. The van der Waals surface area contributed by atoms with Gasteiger partial charge in [0.15, 0.2) is 5.82 Å². The minimum atomic E-state index is -0.373. The van der Waals surface area contributed by atoms with E-state index in [2.05, 4.69) is 22.5 Å². The maximum absolute atomic E-state index is 6.66. The van der Waals surface area contributed by atoms with Crippen LogP contribution in [0.3, 0.4) is 0 Å². The molecule has 182 valence electrons. The number of benzene rings is 2. The SMILES string of the molecule is C=Cc1nc(Sc2cccc(-c3ncco3)c2Cl)cnc1N1CCC2(CC1)Oc1ccccc1[C@H]2N. The Kier molecular flexibility index (Phi) is 5.95. The van der Waals surface area contributed by atoms with E-state index in [1.54, 1.807) is 18.5 Å². The van der Waals surface area contributed by atoms with Gasteiger partial charge in [0, 0.05) is 36.4 Å². The molecule has 0 aliphatic carbocycles. The normalized spacial score (nSPS) is 18.2. The van der Waals surface area contributed by atoms with Gasteiger partial charge in [0.1, 0.15) is 28.3 Å². The molecule has 1 spiro atoms. The lowest BCUT2D eigenvalue weighted by molar-refractivity contribution is 0.0431. The zero-order chi connectivity index (χ0) is 24.7. The first-order valence-corrected chi connectivity index (χ1v) is 12.9. The lowest BCUT2D eigenvalue weighted by Gasteiger charge is -2.41. The number of rotatable bonds is 5. The number of aromatic nitrogens is 3. The number of nitrogens with two attached hydrogens (primary N) is 1. The first kappa shape index (κ1) is 23.1. The molecule has 2 aliphatic heterocycles. The minimum absolute atomic E-state index is 0.128. The summed E-state index contributed by atoms with van der Waals surface area (Å²) in [5, 5.41) is 1.29. The molecule has 2 aromatic heterocycles. The van der Waals surface area contributed by atoms with E-state index in [0.717, 1.165) is 64.2 Å². The zero-order valence-corrected chi connectivity index (χ0v) is 21.0. The van der Waals surface area contributed by atoms with E-state index >= 15 is 0 Å². The molecule has 6 rings (SSSR count). The molecule has 0 radical (unpaired) electrons. The van der Waals surface area contributed by atoms with Gasteiger partial charge in [-0.15, -0.1) is 0 Å². The summed E-state index contributed by atoms with van der Waals surface area (Å²) in [6.45, 7) is 5.52. The summed E-state index contributed by atoms with van der Waals surface area (Å²) in [7, 11) is 0. The highest BCUT2D eigenvalue weighted by molar-refractivity contribution is 7.99. The van der Waals surface area contributed by atoms with Gasteiger partial charge in [-0.3, -0.25) is 0 Å². The number of nitrogens with zero attached hydrogens (tertiary/aromatic N) is 4. The molecule has 2 aliphatic rings. The number of ether oxygens (including phenoxy) is 1. The van der Waals surface area contributed by atoms with Crippen molar-refractivity contribution in [2.75, 3.05) is 18.0 Å². The molecule has 0 amide bonds. The maximum atomic E-state index is 6.66. The molecule has 36 heavy (non-hydrogen) atoms. The zero-order valence-electron chi connectivity index (χ0n) is 19.4. The summed E-state index contributed by atoms with van der Waals surface area (Å²) in [4.78, 5) is 16.9. The number of hydrogen-bond donors (Lipinski definition) is 1. The lowest BCUT2D eigenvalue weighted by Crippen LogP contribution is -2.51. The van der Waals surface area contributed by atoms with E-state index < -0.39 is 0 Å². The molecule has 1 saturated heterocycles. The van der Waals surface area contributed by atoms with Gasteiger partial charge in [-0.1, -0.05) is 54.2 Å². The van der Waals surface area contributed by atoms with Gasteiger partial charge >= 0.3 is 0 Å². The van der Waals surface area contributed by atoms with Crippen LogP contribution >= 0.6 is 23.4 Å². The van der Waals surface area contributed by atoms with Gasteiger partial charge in [0.05, 0.1) is 29.0 Å². The monoisotopic (exact) mass is 517 g/mol. The summed E-state index contributed by atoms with van der Waals surface area (Å²) >= 11 is 8.10. The van der Waals surface area contributed by atoms with Gasteiger partial charge in [0.25, 0.3) is 0 Å².